The molecule has 2 rings (SSSR count). The molecule has 1 atom stereocenters. The van der Waals surface area contributed by atoms with Crippen molar-refractivity contribution in [2.24, 2.45) is 0 Å². The maximum absolute atomic E-state index is 5.95. The van der Waals surface area contributed by atoms with E-state index >= 15 is 0 Å². The van der Waals surface area contributed by atoms with Gasteiger partial charge in [0.15, 0.2) is 11.5 Å². The molecule has 1 saturated heterocycles. The van der Waals surface area contributed by atoms with Crippen molar-refractivity contribution in [3.05, 3.63) is 17.7 Å². The van der Waals surface area contributed by atoms with E-state index in [4.69, 9.17) is 18.9 Å². The summed E-state index contributed by atoms with van der Waals surface area (Å²) >= 11 is 0. The molecule has 0 radical (unpaired) electrons. The van der Waals surface area contributed by atoms with Gasteiger partial charge < -0.3 is 24.3 Å². The van der Waals surface area contributed by atoms with Gasteiger partial charge in [0.1, 0.15) is 0 Å². The SMILES string of the molecule is COc1ccc(C2CNCCO2)c(OC(C)C)c1OC. The van der Waals surface area contributed by atoms with E-state index in [1.54, 1.807) is 14.2 Å². The smallest absolute Gasteiger partial charge is 0.203 e. The van der Waals surface area contributed by atoms with Crippen LogP contribution in [0.2, 0.25) is 0 Å². The summed E-state index contributed by atoms with van der Waals surface area (Å²) in [5.74, 6) is 1.99. The van der Waals surface area contributed by atoms with Crippen molar-refractivity contribution >= 4 is 0 Å². The molecule has 1 fully saturated rings. The van der Waals surface area contributed by atoms with E-state index in [0.29, 0.717) is 23.9 Å². The van der Waals surface area contributed by atoms with Crippen LogP contribution in [0.25, 0.3) is 0 Å². The third kappa shape index (κ3) is 3.16. The summed E-state index contributed by atoms with van der Waals surface area (Å²) in [5, 5.41) is 3.33. The quantitative estimate of drug-likeness (QED) is 0.896. The van der Waals surface area contributed by atoms with Crippen molar-refractivity contribution in [2.45, 2.75) is 26.1 Å². The van der Waals surface area contributed by atoms with Crippen molar-refractivity contribution in [3.63, 3.8) is 0 Å². The maximum atomic E-state index is 5.95. The van der Waals surface area contributed by atoms with Crippen molar-refractivity contribution < 1.29 is 18.9 Å². The van der Waals surface area contributed by atoms with Crippen LogP contribution in [0.4, 0.5) is 0 Å². The molecule has 0 saturated carbocycles. The molecule has 1 aliphatic rings. The Bertz CT molecular complexity index is 442. The van der Waals surface area contributed by atoms with Gasteiger partial charge in [0.2, 0.25) is 5.75 Å². The average molecular weight is 281 g/mol. The third-order valence-corrected chi connectivity index (χ3v) is 3.16. The van der Waals surface area contributed by atoms with Crippen LogP contribution in [0.1, 0.15) is 25.5 Å². The van der Waals surface area contributed by atoms with Crippen molar-refractivity contribution in [2.75, 3.05) is 33.9 Å². The first kappa shape index (κ1) is 14.9. The van der Waals surface area contributed by atoms with E-state index in [9.17, 15) is 0 Å². The summed E-state index contributed by atoms with van der Waals surface area (Å²) in [7, 11) is 3.24. The fourth-order valence-electron chi connectivity index (χ4n) is 2.29. The van der Waals surface area contributed by atoms with Crippen LogP contribution in [0.15, 0.2) is 12.1 Å². The fraction of sp³-hybridized carbons (Fsp3) is 0.600. The molecule has 1 aromatic rings. The highest BCUT2D eigenvalue weighted by Crippen LogP contribution is 2.43. The molecular weight excluding hydrogens is 258 g/mol. The molecule has 1 aromatic carbocycles. The van der Waals surface area contributed by atoms with Crippen LogP contribution >= 0.6 is 0 Å². The zero-order valence-corrected chi connectivity index (χ0v) is 12.6. The Hall–Kier alpha value is -1.46. The molecule has 5 heteroatoms. The van der Waals surface area contributed by atoms with Gasteiger partial charge in [0, 0.05) is 18.7 Å². The van der Waals surface area contributed by atoms with Crippen molar-refractivity contribution in [1.82, 2.24) is 5.32 Å². The highest BCUT2D eigenvalue weighted by molar-refractivity contribution is 5.56. The zero-order chi connectivity index (χ0) is 14.5. The van der Waals surface area contributed by atoms with E-state index < -0.39 is 0 Å². The van der Waals surface area contributed by atoms with Gasteiger partial charge in [-0.2, -0.15) is 0 Å². The van der Waals surface area contributed by atoms with Crippen LogP contribution in [-0.4, -0.2) is 40.0 Å². The number of morpholine rings is 1. The van der Waals surface area contributed by atoms with Gasteiger partial charge in [-0.1, -0.05) is 0 Å². The summed E-state index contributed by atoms with van der Waals surface area (Å²) in [6.07, 6.45) is 0.0172. The first-order valence-electron chi connectivity index (χ1n) is 6.91. The molecule has 20 heavy (non-hydrogen) atoms. The van der Waals surface area contributed by atoms with E-state index in [1.807, 2.05) is 26.0 Å². The number of rotatable bonds is 5. The largest absolute Gasteiger partial charge is 0.493 e. The minimum atomic E-state index is -0.0303. The second kappa shape index (κ2) is 6.81. The van der Waals surface area contributed by atoms with E-state index in [-0.39, 0.29) is 12.2 Å². The predicted molar refractivity (Wildman–Crippen MR) is 76.9 cm³/mol. The zero-order valence-electron chi connectivity index (χ0n) is 12.6. The van der Waals surface area contributed by atoms with Gasteiger partial charge >= 0.3 is 0 Å². The third-order valence-electron chi connectivity index (χ3n) is 3.16. The monoisotopic (exact) mass is 281 g/mol. The highest BCUT2D eigenvalue weighted by atomic mass is 16.5. The van der Waals surface area contributed by atoms with Gasteiger partial charge in [-0.15, -0.1) is 0 Å². The first-order chi connectivity index (χ1) is 9.67. The lowest BCUT2D eigenvalue weighted by Gasteiger charge is -2.27. The molecule has 112 valence electrons. The Morgan fingerprint density at radius 2 is 2.00 bits per heavy atom. The van der Waals surface area contributed by atoms with Crippen molar-refractivity contribution in [1.29, 1.82) is 0 Å². The van der Waals surface area contributed by atoms with Crippen LogP contribution in [0, 0.1) is 0 Å². The topological polar surface area (TPSA) is 49.0 Å². The Kier molecular flexibility index (Phi) is 5.09. The Morgan fingerprint density at radius 3 is 2.55 bits per heavy atom. The lowest BCUT2D eigenvalue weighted by Crippen LogP contribution is -2.33. The number of hydrogen-bond donors (Lipinski definition) is 1. The summed E-state index contributed by atoms with van der Waals surface area (Å²) in [5.41, 5.74) is 0.989. The molecule has 0 spiro atoms. The lowest BCUT2D eigenvalue weighted by molar-refractivity contribution is 0.0250. The number of nitrogens with one attached hydrogen (secondary N) is 1. The maximum Gasteiger partial charge on any atom is 0.203 e. The van der Waals surface area contributed by atoms with E-state index in [1.165, 1.54) is 0 Å². The van der Waals surface area contributed by atoms with Crippen LogP contribution in [0.5, 0.6) is 17.2 Å². The average Bonchev–Trinajstić information content (AvgIpc) is 2.47. The number of methoxy groups -OCH3 is 2. The van der Waals surface area contributed by atoms with Crippen LogP contribution in [0.3, 0.4) is 0 Å². The van der Waals surface area contributed by atoms with Crippen LogP contribution in [-0.2, 0) is 4.74 Å². The Labute approximate surface area is 120 Å². The molecule has 1 aliphatic heterocycles. The molecule has 1 N–H and O–H groups in total. The van der Waals surface area contributed by atoms with Gasteiger partial charge in [-0.05, 0) is 26.0 Å². The molecule has 0 bridgehead atoms. The summed E-state index contributed by atoms with van der Waals surface area (Å²) in [6, 6.07) is 3.87. The highest BCUT2D eigenvalue weighted by Gasteiger charge is 2.25. The molecule has 0 amide bonds. The van der Waals surface area contributed by atoms with E-state index in [2.05, 4.69) is 5.32 Å². The van der Waals surface area contributed by atoms with Gasteiger partial charge in [0.25, 0.3) is 0 Å². The second-order valence-corrected chi connectivity index (χ2v) is 4.95. The number of ether oxygens (including phenoxy) is 4. The second-order valence-electron chi connectivity index (χ2n) is 4.95. The van der Waals surface area contributed by atoms with Gasteiger partial charge in [-0.3, -0.25) is 0 Å². The fourth-order valence-corrected chi connectivity index (χ4v) is 2.29. The Morgan fingerprint density at radius 1 is 1.20 bits per heavy atom. The normalized spacial score (nSPS) is 18.9. The number of benzene rings is 1. The van der Waals surface area contributed by atoms with E-state index in [0.717, 1.165) is 18.7 Å². The standard InChI is InChI=1S/C15H23NO4/c1-10(2)20-14-11(13-9-16-7-8-19-13)5-6-12(17-3)15(14)18-4/h5-6,10,13,16H,7-9H2,1-4H3. The summed E-state index contributed by atoms with van der Waals surface area (Å²) < 4.78 is 22.6. The Balaban J connectivity index is 2.43. The molecule has 5 nitrogen and oxygen atoms in total. The summed E-state index contributed by atoms with van der Waals surface area (Å²) in [4.78, 5) is 0. The van der Waals surface area contributed by atoms with Gasteiger partial charge in [-0.25, -0.2) is 0 Å². The predicted octanol–water partition coefficient (Wildman–Crippen LogP) is 2.15. The van der Waals surface area contributed by atoms with Gasteiger partial charge in [0.05, 0.1) is 33.0 Å². The summed E-state index contributed by atoms with van der Waals surface area (Å²) in [6.45, 7) is 6.32. The molecular formula is C15H23NO4. The first-order valence-corrected chi connectivity index (χ1v) is 6.91. The molecule has 1 heterocycles. The molecule has 1 unspecified atom stereocenters. The molecule has 0 aliphatic carbocycles. The van der Waals surface area contributed by atoms with Crippen molar-refractivity contribution in [3.8, 4) is 17.2 Å². The minimum Gasteiger partial charge on any atom is -0.493 e. The number of hydrogen-bond acceptors (Lipinski definition) is 5. The lowest BCUT2D eigenvalue weighted by atomic mass is 10.1. The van der Waals surface area contributed by atoms with Crippen LogP contribution < -0.4 is 19.5 Å². The molecule has 0 aromatic heterocycles. The minimum absolute atomic E-state index is 0.0303.